The maximum atomic E-state index is 12.3. The predicted octanol–water partition coefficient (Wildman–Crippen LogP) is 3.66. The fourth-order valence-corrected chi connectivity index (χ4v) is 3.22. The first-order valence-electron chi connectivity index (χ1n) is 7.13. The fraction of sp³-hybridized carbons (Fsp3) is 0.294. The second-order valence-corrected chi connectivity index (χ2v) is 8.29. The molecule has 0 aliphatic heterocycles. The number of anilines is 2. The predicted molar refractivity (Wildman–Crippen MR) is 91.3 cm³/mol. The Balaban J connectivity index is 2.14. The second kappa shape index (κ2) is 6.01. The van der Waals surface area contributed by atoms with E-state index < -0.39 is 10.0 Å². The van der Waals surface area contributed by atoms with Crippen LogP contribution in [0.4, 0.5) is 11.4 Å². The highest BCUT2D eigenvalue weighted by Gasteiger charge is 2.14. The lowest BCUT2D eigenvalue weighted by Gasteiger charge is -2.18. The van der Waals surface area contributed by atoms with Gasteiger partial charge in [0.15, 0.2) is 0 Å². The smallest absolute Gasteiger partial charge is 0.261 e. The van der Waals surface area contributed by atoms with Gasteiger partial charge in [0, 0.05) is 11.4 Å². The highest BCUT2D eigenvalue weighted by atomic mass is 32.2. The Kier molecular flexibility index (Phi) is 4.47. The van der Waals surface area contributed by atoms with Crippen LogP contribution in [0.5, 0.6) is 0 Å². The molecule has 118 valence electrons. The van der Waals surface area contributed by atoms with E-state index in [0.717, 1.165) is 6.42 Å². The summed E-state index contributed by atoms with van der Waals surface area (Å²) in [6.45, 7) is 6.51. The third-order valence-corrected chi connectivity index (χ3v) is 4.53. The monoisotopic (exact) mass is 318 g/mol. The minimum Gasteiger partial charge on any atom is -0.399 e. The number of nitrogens with one attached hydrogen (secondary N) is 1. The van der Waals surface area contributed by atoms with Crippen LogP contribution in [-0.4, -0.2) is 8.42 Å². The minimum atomic E-state index is -3.58. The number of nitrogens with two attached hydrogens (primary N) is 1. The van der Waals surface area contributed by atoms with Gasteiger partial charge in [-0.15, -0.1) is 0 Å². The Labute approximate surface area is 132 Å². The Hall–Kier alpha value is -2.01. The summed E-state index contributed by atoms with van der Waals surface area (Å²) in [5.41, 5.74) is 8.04. The van der Waals surface area contributed by atoms with Crippen LogP contribution in [0.2, 0.25) is 0 Å². The topological polar surface area (TPSA) is 72.2 Å². The van der Waals surface area contributed by atoms with E-state index >= 15 is 0 Å². The molecule has 0 unspecified atom stereocenters. The zero-order valence-corrected chi connectivity index (χ0v) is 13.9. The Morgan fingerprint density at radius 1 is 0.955 bits per heavy atom. The summed E-state index contributed by atoms with van der Waals surface area (Å²) in [5.74, 6) is 0. The molecule has 2 aromatic carbocycles. The lowest BCUT2D eigenvalue weighted by Crippen LogP contribution is -2.13. The van der Waals surface area contributed by atoms with Crippen molar-refractivity contribution in [1.29, 1.82) is 0 Å². The highest BCUT2D eigenvalue weighted by molar-refractivity contribution is 7.92. The van der Waals surface area contributed by atoms with Crippen LogP contribution >= 0.6 is 0 Å². The minimum absolute atomic E-state index is 0.195. The molecule has 3 N–H and O–H groups in total. The van der Waals surface area contributed by atoms with Crippen LogP contribution in [0.25, 0.3) is 0 Å². The molecule has 22 heavy (non-hydrogen) atoms. The molecule has 0 spiro atoms. The first kappa shape index (κ1) is 16.4. The molecule has 0 aromatic heterocycles. The van der Waals surface area contributed by atoms with Gasteiger partial charge in [-0.1, -0.05) is 32.9 Å². The van der Waals surface area contributed by atoms with Crippen molar-refractivity contribution >= 4 is 21.4 Å². The lowest BCUT2D eigenvalue weighted by atomic mass is 9.88. The van der Waals surface area contributed by atoms with Crippen molar-refractivity contribution in [2.24, 2.45) is 5.41 Å². The molecule has 0 amide bonds. The van der Waals surface area contributed by atoms with Gasteiger partial charge in [-0.25, -0.2) is 8.42 Å². The summed E-state index contributed by atoms with van der Waals surface area (Å²) in [7, 11) is -3.58. The summed E-state index contributed by atoms with van der Waals surface area (Å²) >= 11 is 0. The van der Waals surface area contributed by atoms with Crippen LogP contribution < -0.4 is 10.5 Å². The van der Waals surface area contributed by atoms with Gasteiger partial charge < -0.3 is 5.73 Å². The van der Waals surface area contributed by atoms with Crippen LogP contribution in [0.15, 0.2) is 53.4 Å². The zero-order chi connectivity index (χ0) is 16.4. The molecule has 0 heterocycles. The van der Waals surface area contributed by atoms with Crippen LogP contribution in [0.3, 0.4) is 0 Å². The quantitative estimate of drug-likeness (QED) is 0.845. The number of nitrogen functional groups attached to an aromatic ring is 1. The van der Waals surface area contributed by atoms with E-state index in [0.29, 0.717) is 11.4 Å². The second-order valence-electron chi connectivity index (χ2n) is 6.61. The van der Waals surface area contributed by atoms with Crippen molar-refractivity contribution in [3.05, 3.63) is 54.1 Å². The largest absolute Gasteiger partial charge is 0.399 e. The molecule has 0 saturated heterocycles. The van der Waals surface area contributed by atoms with Gasteiger partial charge in [0.25, 0.3) is 10.0 Å². The number of hydrogen-bond acceptors (Lipinski definition) is 3. The van der Waals surface area contributed by atoms with E-state index in [2.05, 4.69) is 25.5 Å². The SMILES string of the molecule is CC(C)(C)Cc1ccc(NS(=O)(=O)c2ccc(N)cc2)cc1. The van der Waals surface area contributed by atoms with Gasteiger partial charge in [0.1, 0.15) is 0 Å². The number of hydrogen-bond donors (Lipinski definition) is 2. The third kappa shape index (κ3) is 4.49. The molecule has 4 nitrogen and oxygen atoms in total. The van der Waals surface area contributed by atoms with Gasteiger partial charge in [0.05, 0.1) is 4.90 Å². The normalized spacial score (nSPS) is 12.1. The highest BCUT2D eigenvalue weighted by Crippen LogP contribution is 2.23. The van der Waals surface area contributed by atoms with Crippen molar-refractivity contribution in [2.75, 3.05) is 10.5 Å². The molecular weight excluding hydrogens is 296 g/mol. The summed E-state index contributed by atoms with van der Waals surface area (Å²) in [5, 5.41) is 0. The Morgan fingerprint density at radius 2 is 1.50 bits per heavy atom. The van der Waals surface area contributed by atoms with Crippen molar-refractivity contribution in [3.8, 4) is 0 Å². The van der Waals surface area contributed by atoms with E-state index in [1.165, 1.54) is 17.7 Å². The van der Waals surface area contributed by atoms with Crippen LogP contribution in [0, 0.1) is 5.41 Å². The third-order valence-electron chi connectivity index (χ3n) is 3.13. The first-order valence-corrected chi connectivity index (χ1v) is 8.61. The van der Waals surface area contributed by atoms with Crippen molar-refractivity contribution < 1.29 is 8.42 Å². The van der Waals surface area contributed by atoms with E-state index in [9.17, 15) is 8.42 Å². The molecule has 0 aliphatic carbocycles. The molecule has 0 bridgehead atoms. The van der Waals surface area contributed by atoms with Gasteiger partial charge >= 0.3 is 0 Å². The van der Waals surface area contributed by atoms with Crippen molar-refractivity contribution in [3.63, 3.8) is 0 Å². The van der Waals surface area contributed by atoms with Crippen LogP contribution in [-0.2, 0) is 16.4 Å². The van der Waals surface area contributed by atoms with Gasteiger partial charge in [-0.05, 0) is 53.8 Å². The number of rotatable bonds is 4. The van der Waals surface area contributed by atoms with E-state index in [-0.39, 0.29) is 10.3 Å². The fourth-order valence-electron chi connectivity index (χ4n) is 2.16. The maximum absolute atomic E-state index is 12.3. The number of benzene rings is 2. The molecule has 0 radical (unpaired) electrons. The Morgan fingerprint density at radius 3 is 2.00 bits per heavy atom. The summed E-state index contributed by atoms with van der Waals surface area (Å²) in [6.07, 6.45) is 0.942. The molecule has 2 aromatic rings. The molecule has 0 aliphatic rings. The molecule has 2 rings (SSSR count). The average Bonchev–Trinajstić information content (AvgIpc) is 2.39. The molecule has 0 fully saturated rings. The van der Waals surface area contributed by atoms with E-state index in [1.807, 2.05) is 12.1 Å². The zero-order valence-electron chi connectivity index (χ0n) is 13.1. The van der Waals surface area contributed by atoms with Crippen molar-refractivity contribution in [2.45, 2.75) is 32.1 Å². The molecule has 0 saturated carbocycles. The van der Waals surface area contributed by atoms with Gasteiger partial charge in [-0.3, -0.25) is 4.72 Å². The maximum Gasteiger partial charge on any atom is 0.261 e. The standard InChI is InChI=1S/C17H22N2O2S/c1-17(2,3)12-13-4-8-15(9-5-13)19-22(20,21)16-10-6-14(18)7-11-16/h4-11,19H,12,18H2,1-3H3. The van der Waals surface area contributed by atoms with Gasteiger partial charge in [0.2, 0.25) is 0 Å². The molecule has 5 heteroatoms. The van der Waals surface area contributed by atoms with E-state index in [4.69, 9.17) is 5.73 Å². The summed E-state index contributed by atoms with van der Waals surface area (Å²) in [6, 6.07) is 13.6. The summed E-state index contributed by atoms with van der Waals surface area (Å²) < 4.78 is 27.1. The summed E-state index contributed by atoms with van der Waals surface area (Å²) in [4.78, 5) is 0.195. The Bertz CT molecular complexity index is 728. The van der Waals surface area contributed by atoms with Crippen LogP contribution in [0.1, 0.15) is 26.3 Å². The number of sulfonamides is 1. The van der Waals surface area contributed by atoms with Gasteiger partial charge in [-0.2, -0.15) is 0 Å². The molecule has 0 atom stereocenters. The first-order chi connectivity index (χ1) is 10.2. The lowest BCUT2D eigenvalue weighted by molar-refractivity contribution is 0.411. The molecular formula is C17H22N2O2S. The van der Waals surface area contributed by atoms with E-state index in [1.54, 1.807) is 24.3 Å². The van der Waals surface area contributed by atoms with Crippen molar-refractivity contribution in [1.82, 2.24) is 0 Å². The average molecular weight is 318 g/mol.